The van der Waals surface area contributed by atoms with Crippen LogP contribution in [0, 0.1) is 5.82 Å². The Labute approximate surface area is 144 Å². The first-order valence-corrected chi connectivity index (χ1v) is 10.1. The molecule has 0 N–H and O–H groups in total. The average molecular weight is 372 g/mol. The summed E-state index contributed by atoms with van der Waals surface area (Å²) in [5.41, 5.74) is 0.828. The molecule has 0 aliphatic carbocycles. The van der Waals surface area contributed by atoms with Crippen LogP contribution in [0.1, 0.15) is 5.56 Å². The molecule has 2 atom stereocenters. The van der Waals surface area contributed by atoms with Crippen LogP contribution in [0.4, 0.5) is 4.39 Å². The standard InChI is InChI=1S/C15H17FN2O4S2/c1-22-7-14(19)17-15-18(6-10-2-4-11(16)5-3-10)12-8-24(20,21)9-13(12)23-15/h2-5,12-13H,6-9H2,1H3/t12-,13+/m0/s1. The van der Waals surface area contributed by atoms with Crippen LogP contribution in [-0.2, 0) is 25.9 Å². The van der Waals surface area contributed by atoms with Gasteiger partial charge in [-0.05, 0) is 17.7 Å². The van der Waals surface area contributed by atoms with Crippen LogP contribution in [0.5, 0.6) is 0 Å². The molecular weight excluding hydrogens is 355 g/mol. The minimum atomic E-state index is -3.09. The van der Waals surface area contributed by atoms with Gasteiger partial charge in [-0.3, -0.25) is 4.79 Å². The van der Waals surface area contributed by atoms with Gasteiger partial charge in [0.15, 0.2) is 15.0 Å². The van der Waals surface area contributed by atoms with Gasteiger partial charge in [-0.1, -0.05) is 23.9 Å². The molecule has 0 bridgehead atoms. The molecule has 24 heavy (non-hydrogen) atoms. The molecule has 0 aromatic heterocycles. The number of benzene rings is 1. The second-order valence-electron chi connectivity index (χ2n) is 5.78. The van der Waals surface area contributed by atoms with E-state index in [4.69, 9.17) is 4.74 Å². The number of nitrogens with zero attached hydrogens (tertiary/aromatic N) is 2. The Morgan fingerprint density at radius 3 is 2.75 bits per heavy atom. The number of halogens is 1. The van der Waals surface area contributed by atoms with Crippen LogP contribution >= 0.6 is 11.8 Å². The van der Waals surface area contributed by atoms with Gasteiger partial charge in [0.25, 0.3) is 5.91 Å². The highest BCUT2D eigenvalue weighted by molar-refractivity contribution is 8.15. The Bertz CT molecular complexity index is 764. The number of hydrogen-bond acceptors (Lipinski definition) is 5. The molecule has 9 heteroatoms. The molecule has 2 heterocycles. The Balaban J connectivity index is 1.86. The number of hydrogen-bond donors (Lipinski definition) is 0. The molecule has 0 unspecified atom stereocenters. The predicted octanol–water partition coefficient (Wildman–Crippen LogP) is 1.07. The molecule has 3 rings (SSSR count). The van der Waals surface area contributed by atoms with Gasteiger partial charge in [0.1, 0.15) is 12.4 Å². The highest BCUT2D eigenvalue weighted by Gasteiger charge is 2.48. The normalized spacial score (nSPS) is 26.8. The van der Waals surface area contributed by atoms with Crippen molar-refractivity contribution in [2.45, 2.75) is 17.8 Å². The van der Waals surface area contributed by atoms with Gasteiger partial charge in [0, 0.05) is 18.9 Å². The number of amides is 1. The van der Waals surface area contributed by atoms with Gasteiger partial charge >= 0.3 is 0 Å². The molecule has 0 saturated carbocycles. The first-order valence-electron chi connectivity index (χ1n) is 7.36. The zero-order valence-electron chi connectivity index (χ0n) is 13.0. The summed E-state index contributed by atoms with van der Waals surface area (Å²) in [4.78, 5) is 17.7. The van der Waals surface area contributed by atoms with Crippen LogP contribution in [-0.4, -0.2) is 60.9 Å². The van der Waals surface area contributed by atoms with E-state index >= 15 is 0 Å². The number of carbonyl (C=O) groups excluding carboxylic acids is 1. The van der Waals surface area contributed by atoms with E-state index in [0.29, 0.717) is 11.7 Å². The van der Waals surface area contributed by atoms with Crippen molar-refractivity contribution in [1.82, 2.24) is 4.90 Å². The van der Waals surface area contributed by atoms with E-state index in [2.05, 4.69) is 4.99 Å². The Morgan fingerprint density at radius 2 is 2.08 bits per heavy atom. The summed E-state index contributed by atoms with van der Waals surface area (Å²) in [6.45, 7) is 0.255. The first-order chi connectivity index (χ1) is 11.4. The van der Waals surface area contributed by atoms with Crippen LogP contribution in [0.15, 0.2) is 29.3 Å². The number of carbonyl (C=O) groups is 1. The molecule has 1 aromatic carbocycles. The van der Waals surface area contributed by atoms with Gasteiger partial charge in [-0.2, -0.15) is 4.99 Å². The lowest BCUT2D eigenvalue weighted by molar-refractivity contribution is -0.121. The molecule has 0 spiro atoms. The van der Waals surface area contributed by atoms with Crippen molar-refractivity contribution >= 4 is 32.7 Å². The fourth-order valence-electron chi connectivity index (χ4n) is 2.87. The number of ether oxygens (including phenoxy) is 1. The molecule has 1 amide bonds. The second kappa shape index (κ2) is 6.81. The molecule has 2 aliphatic rings. The van der Waals surface area contributed by atoms with Gasteiger partial charge in [-0.15, -0.1) is 0 Å². The lowest BCUT2D eigenvalue weighted by Gasteiger charge is -2.24. The third kappa shape index (κ3) is 3.79. The maximum atomic E-state index is 13.1. The molecule has 2 saturated heterocycles. The van der Waals surface area contributed by atoms with E-state index < -0.39 is 15.7 Å². The highest BCUT2D eigenvalue weighted by Crippen LogP contribution is 2.39. The number of amidine groups is 1. The second-order valence-corrected chi connectivity index (χ2v) is 9.14. The van der Waals surface area contributed by atoms with Crippen LogP contribution in [0.2, 0.25) is 0 Å². The lowest BCUT2D eigenvalue weighted by atomic mass is 10.1. The number of rotatable bonds is 4. The third-order valence-corrected chi connectivity index (χ3v) is 7.18. The minimum Gasteiger partial charge on any atom is -0.375 e. The summed E-state index contributed by atoms with van der Waals surface area (Å²) in [5.74, 6) is -0.615. The Kier molecular flexibility index (Phi) is 4.93. The van der Waals surface area contributed by atoms with E-state index in [0.717, 1.165) is 5.56 Å². The molecule has 6 nitrogen and oxygen atoms in total. The van der Waals surface area contributed by atoms with Crippen molar-refractivity contribution in [3.8, 4) is 0 Å². The average Bonchev–Trinajstić information content (AvgIpc) is 2.95. The molecule has 130 valence electrons. The number of aliphatic imine (C=N–C) groups is 1. The summed E-state index contributed by atoms with van der Waals surface area (Å²) >= 11 is 1.31. The molecule has 1 aromatic rings. The SMILES string of the molecule is COCC(=O)N=C1S[C@@H]2CS(=O)(=O)C[C@@H]2N1Cc1ccc(F)cc1. The van der Waals surface area contributed by atoms with Crippen molar-refractivity contribution in [2.24, 2.45) is 4.99 Å². The number of fused-ring (bicyclic) bond motifs is 1. The van der Waals surface area contributed by atoms with Crippen molar-refractivity contribution in [3.63, 3.8) is 0 Å². The van der Waals surface area contributed by atoms with Crippen LogP contribution in [0.25, 0.3) is 0 Å². The van der Waals surface area contributed by atoms with Gasteiger partial charge in [0.2, 0.25) is 0 Å². The maximum Gasteiger partial charge on any atom is 0.274 e. The van der Waals surface area contributed by atoms with Crippen molar-refractivity contribution in [2.75, 3.05) is 25.2 Å². The molecule has 2 aliphatic heterocycles. The third-order valence-electron chi connectivity index (χ3n) is 3.93. The quantitative estimate of drug-likeness (QED) is 0.787. The minimum absolute atomic E-state index is 0.0450. The smallest absolute Gasteiger partial charge is 0.274 e. The van der Waals surface area contributed by atoms with Crippen LogP contribution in [0.3, 0.4) is 0 Å². The van der Waals surface area contributed by atoms with Gasteiger partial charge in [0.05, 0.1) is 17.5 Å². The summed E-state index contributed by atoms with van der Waals surface area (Å²) in [6, 6.07) is 5.78. The summed E-state index contributed by atoms with van der Waals surface area (Å²) in [6.07, 6.45) is 0. The molecule has 0 radical (unpaired) electrons. The van der Waals surface area contributed by atoms with Crippen molar-refractivity contribution < 1.29 is 22.3 Å². The first kappa shape index (κ1) is 17.4. The van der Waals surface area contributed by atoms with E-state index in [1.807, 2.05) is 4.90 Å². The molecular formula is C15H17FN2O4S2. The van der Waals surface area contributed by atoms with E-state index in [1.165, 1.54) is 31.0 Å². The van der Waals surface area contributed by atoms with E-state index in [1.54, 1.807) is 12.1 Å². The number of sulfone groups is 1. The lowest BCUT2D eigenvalue weighted by Crippen LogP contribution is -2.37. The zero-order valence-corrected chi connectivity index (χ0v) is 14.6. The Hall–Kier alpha value is -1.45. The van der Waals surface area contributed by atoms with E-state index in [-0.39, 0.29) is 35.2 Å². The number of thioether (sulfide) groups is 1. The van der Waals surface area contributed by atoms with Crippen molar-refractivity contribution in [3.05, 3.63) is 35.6 Å². The fourth-order valence-corrected chi connectivity index (χ4v) is 6.84. The Morgan fingerprint density at radius 1 is 1.38 bits per heavy atom. The zero-order chi connectivity index (χ0) is 17.3. The maximum absolute atomic E-state index is 13.1. The number of methoxy groups -OCH3 is 1. The predicted molar refractivity (Wildman–Crippen MR) is 90.1 cm³/mol. The monoisotopic (exact) mass is 372 g/mol. The highest BCUT2D eigenvalue weighted by atomic mass is 32.2. The summed E-state index contributed by atoms with van der Waals surface area (Å²) in [5, 5.41) is 0.371. The van der Waals surface area contributed by atoms with Crippen molar-refractivity contribution in [1.29, 1.82) is 0 Å². The van der Waals surface area contributed by atoms with Crippen LogP contribution < -0.4 is 0 Å². The topological polar surface area (TPSA) is 76.0 Å². The van der Waals surface area contributed by atoms with E-state index in [9.17, 15) is 17.6 Å². The van der Waals surface area contributed by atoms with Gasteiger partial charge in [-0.25, -0.2) is 12.8 Å². The molecule has 2 fully saturated rings. The largest absolute Gasteiger partial charge is 0.375 e. The fraction of sp³-hybridized carbons (Fsp3) is 0.467. The van der Waals surface area contributed by atoms with Gasteiger partial charge < -0.3 is 9.64 Å². The summed E-state index contributed by atoms with van der Waals surface area (Å²) < 4.78 is 41.7. The summed E-state index contributed by atoms with van der Waals surface area (Å²) in [7, 11) is -1.67.